The Morgan fingerprint density at radius 3 is 2.64 bits per heavy atom. The van der Waals surface area contributed by atoms with Crippen molar-refractivity contribution in [3.8, 4) is 17.6 Å². The maximum absolute atomic E-state index is 15.2. The van der Waals surface area contributed by atoms with Crippen LogP contribution in [0.15, 0.2) is 30.3 Å². The summed E-state index contributed by atoms with van der Waals surface area (Å²) in [5.41, 5.74) is 0.835. The van der Waals surface area contributed by atoms with Gasteiger partial charge in [0.15, 0.2) is 0 Å². The molecule has 15 heteroatoms. The standard InChI is InChI=1S/C32H39F5N4O5S/c1-45-19-20(44)17-41-10-7-25(24(34)18-41)40-26-5-2-4-21-22(16-32(35,36)37)30(47-31(21)26)6-3-8-38-28-14-23(33)27(39-9-11-42)15-29(28)46-13-12-43/h2,4-5,14-15,20,24-25,38-40,42-44H,7-13,16-19H2,1H3. The van der Waals surface area contributed by atoms with E-state index >= 15 is 4.39 Å². The van der Waals surface area contributed by atoms with E-state index in [9.17, 15) is 22.7 Å². The fraction of sp³-hybridized carbons (Fsp3) is 0.500. The van der Waals surface area contributed by atoms with Crippen molar-refractivity contribution in [1.82, 2.24) is 4.90 Å². The average molecular weight is 687 g/mol. The van der Waals surface area contributed by atoms with Gasteiger partial charge < -0.3 is 40.7 Å². The molecule has 0 aliphatic carbocycles. The third kappa shape index (κ3) is 10.3. The average Bonchev–Trinajstić information content (AvgIpc) is 3.36. The number of hydrogen-bond donors (Lipinski definition) is 6. The highest BCUT2D eigenvalue weighted by Crippen LogP contribution is 2.40. The second-order valence-electron chi connectivity index (χ2n) is 11.0. The van der Waals surface area contributed by atoms with E-state index in [1.54, 1.807) is 18.2 Å². The van der Waals surface area contributed by atoms with Gasteiger partial charge in [-0.1, -0.05) is 24.0 Å². The number of likely N-dealkylation sites (tertiary alicyclic amines) is 1. The van der Waals surface area contributed by atoms with Crippen LogP contribution in [0.2, 0.25) is 0 Å². The van der Waals surface area contributed by atoms with Crippen LogP contribution in [-0.4, -0.2) is 111 Å². The van der Waals surface area contributed by atoms with Gasteiger partial charge in [0.05, 0.1) is 71.6 Å². The second-order valence-corrected chi connectivity index (χ2v) is 12.0. The molecule has 1 saturated heterocycles. The molecular formula is C32H39F5N4O5S. The summed E-state index contributed by atoms with van der Waals surface area (Å²) in [5.74, 6) is 5.23. The smallest absolute Gasteiger partial charge is 0.393 e. The lowest BCUT2D eigenvalue weighted by molar-refractivity contribution is -0.126. The number of alkyl halides is 4. The molecule has 6 N–H and O–H groups in total. The molecule has 0 saturated carbocycles. The number of β-amino-alcohol motifs (C(OH)–C–C–N with tert-alkyl or cyclic N) is 1. The van der Waals surface area contributed by atoms with Crippen LogP contribution in [0.25, 0.3) is 10.1 Å². The van der Waals surface area contributed by atoms with Crippen LogP contribution in [0.5, 0.6) is 5.75 Å². The zero-order valence-electron chi connectivity index (χ0n) is 25.8. The number of hydrogen-bond acceptors (Lipinski definition) is 10. The van der Waals surface area contributed by atoms with Gasteiger partial charge >= 0.3 is 6.18 Å². The van der Waals surface area contributed by atoms with E-state index in [1.165, 1.54) is 13.2 Å². The number of halogens is 5. The van der Waals surface area contributed by atoms with Crippen molar-refractivity contribution in [3.63, 3.8) is 0 Å². The lowest BCUT2D eigenvalue weighted by Crippen LogP contribution is -2.50. The third-order valence-electron chi connectivity index (χ3n) is 7.40. The highest BCUT2D eigenvalue weighted by molar-refractivity contribution is 7.20. The molecule has 3 aromatic rings. The van der Waals surface area contributed by atoms with Crippen molar-refractivity contribution in [2.45, 2.75) is 37.3 Å². The van der Waals surface area contributed by atoms with Crippen molar-refractivity contribution in [1.29, 1.82) is 0 Å². The van der Waals surface area contributed by atoms with E-state index in [-0.39, 0.29) is 80.2 Å². The number of methoxy groups -OCH3 is 1. The first-order valence-corrected chi connectivity index (χ1v) is 15.9. The number of benzene rings is 2. The van der Waals surface area contributed by atoms with Gasteiger partial charge in [-0.3, -0.25) is 4.90 Å². The van der Waals surface area contributed by atoms with Crippen LogP contribution < -0.4 is 20.7 Å². The minimum atomic E-state index is -4.50. The monoisotopic (exact) mass is 686 g/mol. The van der Waals surface area contributed by atoms with Crippen LogP contribution in [0.1, 0.15) is 16.9 Å². The Morgan fingerprint density at radius 2 is 1.94 bits per heavy atom. The molecule has 0 amide bonds. The number of aliphatic hydroxyl groups excluding tert-OH is 3. The molecule has 0 bridgehead atoms. The Balaban J connectivity index is 1.54. The second kappa shape index (κ2) is 17.1. The minimum Gasteiger partial charge on any atom is -0.489 e. The van der Waals surface area contributed by atoms with Crippen LogP contribution >= 0.6 is 11.3 Å². The molecule has 1 aliphatic rings. The van der Waals surface area contributed by atoms with E-state index in [1.807, 2.05) is 4.90 Å². The van der Waals surface area contributed by atoms with Crippen molar-refractivity contribution in [3.05, 3.63) is 46.6 Å². The number of aliphatic hydroxyl groups is 3. The summed E-state index contributed by atoms with van der Waals surface area (Å²) in [6.45, 7) is 0.519. The highest BCUT2D eigenvalue weighted by Gasteiger charge is 2.33. The number of ether oxygens (including phenoxy) is 2. The summed E-state index contributed by atoms with van der Waals surface area (Å²) in [4.78, 5) is 2.03. The van der Waals surface area contributed by atoms with Gasteiger partial charge in [0.25, 0.3) is 0 Å². The van der Waals surface area contributed by atoms with E-state index in [0.29, 0.717) is 28.7 Å². The van der Waals surface area contributed by atoms with Crippen LogP contribution in [0.3, 0.4) is 0 Å². The molecule has 1 aliphatic heterocycles. The molecule has 3 atom stereocenters. The van der Waals surface area contributed by atoms with Gasteiger partial charge in [-0.2, -0.15) is 13.2 Å². The first-order chi connectivity index (χ1) is 22.5. The summed E-state index contributed by atoms with van der Waals surface area (Å²) < 4.78 is 81.9. The van der Waals surface area contributed by atoms with E-state index < -0.39 is 36.7 Å². The summed E-state index contributed by atoms with van der Waals surface area (Å²) in [7, 11) is 1.48. The number of piperidine rings is 1. The van der Waals surface area contributed by atoms with Crippen molar-refractivity contribution >= 4 is 38.5 Å². The molecule has 9 nitrogen and oxygen atoms in total. The number of thiophene rings is 1. The van der Waals surface area contributed by atoms with Crippen LogP contribution in [0.4, 0.5) is 39.0 Å². The minimum absolute atomic E-state index is 0.0183. The Kier molecular flexibility index (Phi) is 13.3. The van der Waals surface area contributed by atoms with Gasteiger partial charge in [-0.25, -0.2) is 8.78 Å². The van der Waals surface area contributed by atoms with Gasteiger partial charge in [-0.15, -0.1) is 11.3 Å². The predicted molar refractivity (Wildman–Crippen MR) is 173 cm³/mol. The normalized spacial score (nSPS) is 17.6. The molecule has 258 valence electrons. The molecular weight excluding hydrogens is 647 g/mol. The zero-order valence-corrected chi connectivity index (χ0v) is 26.6. The van der Waals surface area contributed by atoms with Crippen LogP contribution in [-0.2, 0) is 11.2 Å². The number of nitrogens with one attached hydrogen (secondary N) is 3. The summed E-state index contributed by atoms with van der Waals surface area (Å²) in [6, 6.07) is 6.88. The van der Waals surface area contributed by atoms with Crippen molar-refractivity contribution in [2.75, 3.05) is 82.2 Å². The first-order valence-electron chi connectivity index (χ1n) is 15.1. The topological polar surface area (TPSA) is 118 Å². The van der Waals surface area contributed by atoms with E-state index in [2.05, 4.69) is 27.8 Å². The molecule has 0 radical (unpaired) electrons. The van der Waals surface area contributed by atoms with Crippen LogP contribution in [0, 0.1) is 17.7 Å². The zero-order chi connectivity index (χ0) is 34.0. The molecule has 2 aromatic carbocycles. The fourth-order valence-corrected chi connectivity index (χ4v) is 6.53. The van der Waals surface area contributed by atoms with E-state index in [4.69, 9.17) is 19.7 Å². The first kappa shape index (κ1) is 36.4. The van der Waals surface area contributed by atoms with E-state index in [0.717, 1.165) is 17.4 Å². The Morgan fingerprint density at radius 1 is 1.13 bits per heavy atom. The SMILES string of the molecule is COCC(O)CN1CCC(Nc2cccc3c(CC(F)(F)F)c(C#CCNc4cc(F)c(NCCO)cc4OCCO)sc23)C(F)C1. The van der Waals surface area contributed by atoms with Gasteiger partial charge in [-0.05, 0) is 23.4 Å². The Bertz CT molecular complexity index is 1530. The number of rotatable bonds is 15. The number of nitrogens with zero attached hydrogens (tertiary/aromatic N) is 1. The molecule has 1 aromatic heterocycles. The molecule has 0 spiro atoms. The largest absolute Gasteiger partial charge is 0.489 e. The fourth-order valence-electron chi connectivity index (χ4n) is 5.36. The molecule has 3 unspecified atom stereocenters. The third-order valence-corrected chi connectivity index (χ3v) is 8.60. The van der Waals surface area contributed by atoms with Crippen molar-refractivity contribution < 1.29 is 46.7 Å². The summed E-state index contributed by atoms with van der Waals surface area (Å²) >= 11 is 1.08. The highest BCUT2D eigenvalue weighted by atomic mass is 32.1. The Labute approximate surface area is 273 Å². The van der Waals surface area contributed by atoms with Gasteiger partial charge in [0.1, 0.15) is 24.3 Å². The molecule has 47 heavy (non-hydrogen) atoms. The lowest BCUT2D eigenvalue weighted by Gasteiger charge is -2.36. The number of fused-ring (bicyclic) bond motifs is 1. The number of anilines is 3. The van der Waals surface area contributed by atoms with Crippen molar-refractivity contribution in [2.24, 2.45) is 0 Å². The molecule has 4 rings (SSSR count). The summed E-state index contributed by atoms with van der Waals surface area (Å²) in [5, 5.41) is 37.4. The van der Waals surface area contributed by atoms with Gasteiger partial charge in [0.2, 0.25) is 0 Å². The summed E-state index contributed by atoms with van der Waals surface area (Å²) in [6.07, 6.45) is -7.28. The predicted octanol–water partition coefficient (Wildman–Crippen LogP) is 4.22. The molecule has 1 fully saturated rings. The maximum atomic E-state index is 15.2. The lowest BCUT2D eigenvalue weighted by atomic mass is 10.0. The molecule has 2 heterocycles. The Hall–Kier alpha value is -3.39. The maximum Gasteiger partial charge on any atom is 0.393 e. The van der Waals surface area contributed by atoms with Gasteiger partial charge in [0, 0.05) is 45.4 Å². The quantitative estimate of drug-likeness (QED) is 0.103.